The van der Waals surface area contributed by atoms with E-state index in [1.807, 2.05) is 11.3 Å². The van der Waals surface area contributed by atoms with Crippen LogP contribution in [0.5, 0.6) is 0 Å². The highest BCUT2D eigenvalue weighted by Gasteiger charge is 2.20. The Morgan fingerprint density at radius 1 is 0.296 bits per heavy atom. The second-order valence-electron chi connectivity index (χ2n) is 13.8. The standard InChI is InChI=1S/C52H35NS/c1-3-11-36(12-4-1)39-19-21-42(22-20-39)45-34-49-48-17-9-10-18-51(48)54-52(49)50(35-45)53(46-29-25-40(26-30-46)37-13-5-2-6-14-37)47-31-27-41(28-32-47)44-24-23-38-15-7-8-16-43(38)33-44/h1-35H. The van der Waals surface area contributed by atoms with Crippen LogP contribution in [-0.4, -0.2) is 0 Å². The molecule has 0 radical (unpaired) electrons. The Bertz CT molecular complexity index is 2890. The minimum atomic E-state index is 1.11. The molecule has 0 aliphatic carbocycles. The molecule has 0 fully saturated rings. The van der Waals surface area contributed by atoms with Crippen molar-refractivity contribution >= 4 is 59.3 Å². The average Bonchev–Trinajstić information content (AvgIpc) is 3.64. The van der Waals surface area contributed by atoms with E-state index in [-0.39, 0.29) is 0 Å². The van der Waals surface area contributed by atoms with Gasteiger partial charge in [-0.1, -0.05) is 164 Å². The number of nitrogens with zero attached hydrogens (tertiary/aromatic N) is 1. The molecule has 1 heterocycles. The average molecular weight is 706 g/mol. The van der Waals surface area contributed by atoms with E-state index in [0.717, 1.165) is 11.4 Å². The lowest BCUT2D eigenvalue weighted by atomic mass is 9.97. The van der Waals surface area contributed by atoms with Crippen molar-refractivity contribution in [2.24, 2.45) is 0 Å². The zero-order chi connectivity index (χ0) is 35.8. The Morgan fingerprint density at radius 2 is 0.759 bits per heavy atom. The van der Waals surface area contributed by atoms with Crippen molar-refractivity contribution in [1.29, 1.82) is 0 Å². The van der Waals surface area contributed by atoms with E-state index in [2.05, 4.69) is 217 Å². The normalized spacial score (nSPS) is 11.3. The fourth-order valence-corrected chi connectivity index (χ4v) is 8.85. The molecular weight excluding hydrogens is 671 g/mol. The van der Waals surface area contributed by atoms with Crippen molar-refractivity contribution in [3.8, 4) is 44.5 Å². The summed E-state index contributed by atoms with van der Waals surface area (Å²) in [6.45, 7) is 0. The first kappa shape index (κ1) is 32.0. The summed E-state index contributed by atoms with van der Waals surface area (Å²) in [5.41, 5.74) is 13.0. The molecule has 1 nitrogen and oxygen atoms in total. The zero-order valence-electron chi connectivity index (χ0n) is 29.6. The Labute approximate surface area is 319 Å². The minimum Gasteiger partial charge on any atom is -0.309 e. The summed E-state index contributed by atoms with van der Waals surface area (Å²) in [7, 11) is 0. The summed E-state index contributed by atoms with van der Waals surface area (Å²) in [4.78, 5) is 2.44. The third-order valence-corrected chi connectivity index (χ3v) is 11.7. The fraction of sp³-hybridized carbons (Fsp3) is 0. The molecule has 0 bridgehead atoms. The first-order valence-electron chi connectivity index (χ1n) is 18.4. The van der Waals surface area contributed by atoms with Gasteiger partial charge in [-0.2, -0.15) is 0 Å². The predicted molar refractivity (Wildman–Crippen MR) is 233 cm³/mol. The fourth-order valence-electron chi connectivity index (χ4n) is 7.66. The van der Waals surface area contributed by atoms with Gasteiger partial charge in [0, 0.05) is 26.8 Å². The molecule has 0 aliphatic rings. The van der Waals surface area contributed by atoms with Gasteiger partial charge in [-0.05, 0) is 104 Å². The van der Waals surface area contributed by atoms with E-state index < -0.39 is 0 Å². The quantitative estimate of drug-likeness (QED) is 0.160. The lowest BCUT2D eigenvalue weighted by molar-refractivity contribution is 1.30. The maximum Gasteiger partial charge on any atom is 0.0646 e. The molecule has 2 heteroatoms. The third kappa shape index (κ3) is 5.93. The number of fused-ring (bicyclic) bond motifs is 4. The second-order valence-corrected chi connectivity index (χ2v) is 14.8. The van der Waals surface area contributed by atoms with Crippen LogP contribution < -0.4 is 4.90 Å². The van der Waals surface area contributed by atoms with Crippen LogP contribution in [0, 0.1) is 0 Å². The van der Waals surface area contributed by atoms with Gasteiger partial charge in [-0.3, -0.25) is 0 Å². The Hall–Kier alpha value is -6.74. The van der Waals surface area contributed by atoms with E-state index in [1.165, 1.54) is 81.1 Å². The van der Waals surface area contributed by atoms with Gasteiger partial charge in [-0.25, -0.2) is 0 Å². The van der Waals surface area contributed by atoms with Crippen LogP contribution in [-0.2, 0) is 0 Å². The maximum absolute atomic E-state index is 2.44. The van der Waals surface area contributed by atoms with Crippen LogP contribution >= 0.6 is 11.3 Å². The van der Waals surface area contributed by atoms with Gasteiger partial charge in [0.15, 0.2) is 0 Å². The summed E-state index contributed by atoms with van der Waals surface area (Å²) in [6, 6.07) is 77.2. The molecule has 0 atom stereocenters. The van der Waals surface area contributed by atoms with Gasteiger partial charge in [-0.15, -0.1) is 11.3 Å². The molecule has 9 aromatic carbocycles. The molecule has 0 N–H and O–H groups in total. The van der Waals surface area contributed by atoms with Crippen LogP contribution in [0.3, 0.4) is 0 Å². The first-order valence-corrected chi connectivity index (χ1v) is 19.2. The first-order chi connectivity index (χ1) is 26.7. The van der Waals surface area contributed by atoms with Gasteiger partial charge in [0.05, 0.1) is 10.4 Å². The smallest absolute Gasteiger partial charge is 0.0646 e. The van der Waals surface area contributed by atoms with Gasteiger partial charge in [0.2, 0.25) is 0 Å². The molecule has 0 unspecified atom stereocenters. The Morgan fingerprint density at radius 3 is 1.39 bits per heavy atom. The molecule has 0 spiro atoms. The lowest BCUT2D eigenvalue weighted by Gasteiger charge is -2.27. The highest BCUT2D eigenvalue weighted by molar-refractivity contribution is 7.26. The van der Waals surface area contributed by atoms with Gasteiger partial charge in [0.1, 0.15) is 0 Å². The number of anilines is 3. The van der Waals surface area contributed by atoms with Crippen LogP contribution in [0.1, 0.15) is 0 Å². The van der Waals surface area contributed by atoms with E-state index in [0.29, 0.717) is 0 Å². The van der Waals surface area contributed by atoms with E-state index in [4.69, 9.17) is 0 Å². The van der Waals surface area contributed by atoms with Crippen LogP contribution in [0.15, 0.2) is 212 Å². The Kier molecular flexibility index (Phi) is 8.09. The van der Waals surface area contributed by atoms with Gasteiger partial charge >= 0.3 is 0 Å². The molecular formula is C52H35NS. The van der Waals surface area contributed by atoms with E-state index >= 15 is 0 Å². The Balaban J connectivity index is 1.15. The minimum absolute atomic E-state index is 1.11. The van der Waals surface area contributed by atoms with E-state index in [9.17, 15) is 0 Å². The largest absolute Gasteiger partial charge is 0.309 e. The highest BCUT2D eigenvalue weighted by atomic mass is 32.1. The second kappa shape index (κ2) is 13.7. The summed E-state index contributed by atoms with van der Waals surface area (Å²) in [6.07, 6.45) is 0. The summed E-state index contributed by atoms with van der Waals surface area (Å²) in [5, 5.41) is 5.06. The van der Waals surface area contributed by atoms with Crippen molar-refractivity contribution in [3.05, 3.63) is 212 Å². The van der Waals surface area contributed by atoms with Crippen molar-refractivity contribution < 1.29 is 0 Å². The van der Waals surface area contributed by atoms with Crippen molar-refractivity contribution in [2.45, 2.75) is 0 Å². The molecule has 0 amide bonds. The van der Waals surface area contributed by atoms with Gasteiger partial charge < -0.3 is 4.90 Å². The summed E-state index contributed by atoms with van der Waals surface area (Å²) >= 11 is 1.87. The molecule has 54 heavy (non-hydrogen) atoms. The molecule has 0 saturated carbocycles. The van der Waals surface area contributed by atoms with Crippen molar-refractivity contribution in [2.75, 3.05) is 4.90 Å². The van der Waals surface area contributed by atoms with Crippen LogP contribution in [0.4, 0.5) is 17.1 Å². The molecule has 254 valence electrons. The number of thiophene rings is 1. The van der Waals surface area contributed by atoms with E-state index in [1.54, 1.807) is 0 Å². The third-order valence-electron chi connectivity index (χ3n) is 10.5. The van der Waals surface area contributed by atoms with Crippen molar-refractivity contribution in [1.82, 2.24) is 0 Å². The maximum atomic E-state index is 2.44. The monoisotopic (exact) mass is 705 g/mol. The number of benzene rings is 9. The predicted octanol–water partition coefficient (Wildman–Crippen LogP) is 15.3. The molecule has 0 saturated heterocycles. The van der Waals surface area contributed by atoms with Crippen LogP contribution in [0.2, 0.25) is 0 Å². The SMILES string of the molecule is c1ccc(-c2ccc(-c3cc(N(c4ccc(-c5ccccc5)cc4)c4ccc(-c5ccc6ccccc6c5)cc4)c4sc5ccccc5c4c3)cc2)cc1. The lowest BCUT2D eigenvalue weighted by Crippen LogP contribution is -2.10. The topological polar surface area (TPSA) is 3.24 Å². The van der Waals surface area contributed by atoms with Crippen LogP contribution in [0.25, 0.3) is 75.5 Å². The summed E-state index contributed by atoms with van der Waals surface area (Å²) in [5.74, 6) is 0. The molecule has 0 aliphatic heterocycles. The zero-order valence-corrected chi connectivity index (χ0v) is 30.4. The highest BCUT2D eigenvalue weighted by Crippen LogP contribution is 2.47. The molecule has 1 aromatic heterocycles. The summed E-state index contributed by atoms with van der Waals surface area (Å²) < 4.78 is 2.56. The number of hydrogen-bond donors (Lipinski definition) is 0. The van der Waals surface area contributed by atoms with Gasteiger partial charge in [0.25, 0.3) is 0 Å². The molecule has 10 rings (SSSR count). The number of rotatable bonds is 7. The number of hydrogen-bond acceptors (Lipinski definition) is 2. The molecule has 10 aromatic rings. The van der Waals surface area contributed by atoms with Crippen molar-refractivity contribution in [3.63, 3.8) is 0 Å².